The molecule has 1 aromatic heterocycles. The molecular formula is C16H11BrN2O4. The normalized spacial score (nSPS) is 16.1. The van der Waals surface area contributed by atoms with Crippen LogP contribution in [0.2, 0.25) is 0 Å². The number of carbonyl (C=O) groups is 2. The van der Waals surface area contributed by atoms with E-state index in [1.54, 1.807) is 24.3 Å². The third-order valence-corrected chi connectivity index (χ3v) is 3.85. The molecule has 3 rings (SSSR count). The molecule has 2 heterocycles. The van der Waals surface area contributed by atoms with Gasteiger partial charge in [0.05, 0.1) is 16.4 Å². The predicted molar refractivity (Wildman–Crippen MR) is 86.7 cm³/mol. The van der Waals surface area contributed by atoms with Gasteiger partial charge >= 0.3 is 12.0 Å². The number of amides is 2. The molecule has 2 amide bonds. The van der Waals surface area contributed by atoms with Crippen molar-refractivity contribution in [2.75, 3.05) is 4.90 Å². The molecule has 23 heavy (non-hydrogen) atoms. The summed E-state index contributed by atoms with van der Waals surface area (Å²) in [6, 6.07) is 8.01. The maximum Gasteiger partial charge on any atom is 0.427 e. The van der Waals surface area contributed by atoms with Crippen LogP contribution in [0.3, 0.4) is 0 Å². The number of halogens is 1. The number of imide groups is 1. The maximum absolute atomic E-state index is 12.4. The molecule has 2 aromatic rings. The van der Waals surface area contributed by atoms with E-state index < -0.39 is 12.0 Å². The summed E-state index contributed by atoms with van der Waals surface area (Å²) >= 11 is 3.19. The van der Waals surface area contributed by atoms with E-state index in [2.05, 4.69) is 20.9 Å². The first kappa shape index (κ1) is 15.2. The van der Waals surface area contributed by atoms with Gasteiger partial charge in [-0.2, -0.15) is 0 Å². The highest BCUT2D eigenvalue weighted by molar-refractivity contribution is 9.10. The van der Waals surface area contributed by atoms with Crippen LogP contribution >= 0.6 is 15.9 Å². The smallest absolute Gasteiger partial charge is 0.427 e. The molecule has 0 saturated carbocycles. The van der Waals surface area contributed by atoms with Crippen molar-refractivity contribution in [3.8, 4) is 5.75 Å². The van der Waals surface area contributed by atoms with Crippen LogP contribution < -0.4 is 4.90 Å². The summed E-state index contributed by atoms with van der Waals surface area (Å²) in [7, 11) is 0. The number of aromatic nitrogens is 1. The number of nitrogens with zero attached hydrogens (tertiary/aromatic N) is 2. The molecule has 1 saturated heterocycles. The second kappa shape index (κ2) is 5.85. The van der Waals surface area contributed by atoms with Gasteiger partial charge in [0.15, 0.2) is 5.76 Å². The number of aryl methyl sites for hydroxylation is 1. The standard InChI is InChI=1S/C16H11BrN2O4/c1-9-2-4-11(8-18-9)19-15(21)14(23-16(19)22)7-10-3-5-13(20)12(17)6-10/h2-8,20H,1H3/b14-7-. The van der Waals surface area contributed by atoms with E-state index in [0.717, 1.165) is 10.6 Å². The highest BCUT2D eigenvalue weighted by atomic mass is 79.9. The molecule has 6 nitrogen and oxygen atoms in total. The minimum Gasteiger partial charge on any atom is -0.507 e. The van der Waals surface area contributed by atoms with E-state index in [0.29, 0.717) is 15.7 Å². The van der Waals surface area contributed by atoms with Crippen molar-refractivity contribution in [3.05, 3.63) is 58.0 Å². The number of phenols is 1. The van der Waals surface area contributed by atoms with Gasteiger partial charge in [-0.25, -0.2) is 9.69 Å². The van der Waals surface area contributed by atoms with Gasteiger partial charge in [0.1, 0.15) is 5.75 Å². The van der Waals surface area contributed by atoms with Crippen LogP contribution in [0.4, 0.5) is 10.5 Å². The number of ether oxygens (including phenoxy) is 1. The molecule has 0 radical (unpaired) electrons. The number of hydrogen-bond donors (Lipinski definition) is 1. The lowest BCUT2D eigenvalue weighted by Gasteiger charge is -2.09. The summed E-state index contributed by atoms with van der Waals surface area (Å²) in [5.41, 5.74) is 1.73. The molecule has 0 spiro atoms. The number of benzene rings is 1. The predicted octanol–water partition coefficient (Wildman–Crippen LogP) is 3.38. The van der Waals surface area contributed by atoms with Gasteiger partial charge in [-0.15, -0.1) is 0 Å². The first-order chi connectivity index (χ1) is 11.0. The Morgan fingerprint density at radius 3 is 2.70 bits per heavy atom. The maximum atomic E-state index is 12.4. The Labute approximate surface area is 140 Å². The van der Waals surface area contributed by atoms with E-state index in [4.69, 9.17) is 4.74 Å². The van der Waals surface area contributed by atoms with Crippen molar-refractivity contribution in [2.45, 2.75) is 6.92 Å². The Hall–Kier alpha value is -2.67. The number of phenolic OH excluding ortho intramolecular Hbond substituents is 1. The lowest BCUT2D eigenvalue weighted by atomic mass is 10.2. The number of hydrogen-bond acceptors (Lipinski definition) is 5. The molecule has 0 atom stereocenters. The van der Waals surface area contributed by atoms with Gasteiger partial charge in [-0.1, -0.05) is 6.07 Å². The number of cyclic esters (lactones) is 1. The molecule has 116 valence electrons. The van der Waals surface area contributed by atoms with Crippen LogP contribution in [0.5, 0.6) is 5.75 Å². The highest BCUT2D eigenvalue weighted by Gasteiger charge is 2.37. The van der Waals surface area contributed by atoms with Crippen molar-refractivity contribution in [2.24, 2.45) is 0 Å². The third-order valence-electron chi connectivity index (χ3n) is 3.22. The number of aromatic hydroxyl groups is 1. The Morgan fingerprint density at radius 1 is 1.26 bits per heavy atom. The Kier molecular flexibility index (Phi) is 3.87. The summed E-state index contributed by atoms with van der Waals surface area (Å²) in [6.45, 7) is 1.81. The van der Waals surface area contributed by atoms with E-state index in [1.807, 2.05) is 6.92 Å². The monoisotopic (exact) mass is 374 g/mol. The number of carbonyl (C=O) groups excluding carboxylic acids is 2. The molecule has 1 aliphatic heterocycles. The van der Waals surface area contributed by atoms with Crippen LogP contribution in [0.25, 0.3) is 6.08 Å². The minimum absolute atomic E-state index is 0.0780. The van der Waals surface area contributed by atoms with E-state index in [1.165, 1.54) is 18.3 Å². The fraction of sp³-hybridized carbons (Fsp3) is 0.0625. The summed E-state index contributed by atoms with van der Waals surface area (Å²) in [4.78, 5) is 29.3. The Morgan fingerprint density at radius 2 is 2.04 bits per heavy atom. The molecule has 1 aliphatic rings. The lowest BCUT2D eigenvalue weighted by Crippen LogP contribution is -2.28. The summed E-state index contributed by atoms with van der Waals surface area (Å²) < 4.78 is 5.51. The average Bonchev–Trinajstić information content (AvgIpc) is 2.79. The van der Waals surface area contributed by atoms with Crippen molar-refractivity contribution >= 4 is 39.7 Å². The van der Waals surface area contributed by atoms with E-state index in [9.17, 15) is 14.7 Å². The summed E-state index contributed by atoms with van der Waals surface area (Å²) in [5, 5.41) is 9.48. The molecular weight excluding hydrogens is 364 g/mol. The summed E-state index contributed by atoms with van der Waals surface area (Å²) in [6.07, 6.45) is 2.10. The second-order valence-corrected chi connectivity index (χ2v) is 5.74. The van der Waals surface area contributed by atoms with Gasteiger partial charge in [0.25, 0.3) is 0 Å². The third kappa shape index (κ3) is 2.95. The van der Waals surface area contributed by atoms with Crippen LogP contribution in [-0.2, 0) is 9.53 Å². The first-order valence-electron chi connectivity index (χ1n) is 6.65. The first-order valence-corrected chi connectivity index (χ1v) is 7.44. The molecule has 0 aliphatic carbocycles. The zero-order valence-corrected chi connectivity index (χ0v) is 13.6. The van der Waals surface area contributed by atoms with Gasteiger partial charge in [-0.3, -0.25) is 9.78 Å². The SMILES string of the molecule is Cc1ccc(N2C(=O)O/C(=C\c3ccc(O)c(Br)c3)C2=O)cn1. The highest BCUT2D eigenvalue weighted by Crippen LogP contribution is 2.28. The number of anilines is 1. The fourth-order valence-corrected chi connectivity index (χ4v) is 2.44. The van der Waals surface area contributed by atoms with Gasteiger partial charge < -0.3 is 9.84 Å². The molecule has 1 N–H and O–H groups in total. The zero-order chi connectivity index (χ0) is 16.6. The second-order valence-electron chi connectivity index (χ2n) is 4.89. The van der Waals surface area contributed by atoms with Crippen LogP contribution in [-0.4, -0.2) is 22.1 Å². The zero-order valence-electron chi connectivity index (χ0n) is 12.0. The Balaban J connectivity index is 1.92. The topological polar surface area (TPSA) is 79.7 Å². The number of rotatable bonds is 2. The summed E-state index contributed by atoms with van der Waals surface area (Å²) in [5.74, 6) is -0.577. The van der Waals surface area contributed by atoms with Crippen molar-refractivity contribution in [3.63, 3.8) is 0 Å². The Bertz CT molecular complexity index is 830. The molecule has 7 heteroatoms. The van der Waals surface area contributed by atoms with E-state index in [-0.39, 0.29) is 11.5 Å². The number of pyridine rings is 1. The average molecular weight is 375 g/mol. The largest absolute Gasteiger partial charge is 0.507 e. The minimum atomic E-state index is -0.773. The fourth-order valence-electron chi connectivity index (χ4n) is 2.05. The van der Waals surface area contributed by atoms with Gasteiger partial charge in [-0.05, 0) is 58.8 Å². The molecule has 1 fully saturated rings. The van der Waals surface area contributed by atoms with Crippen LogP contribution in [0, 0.1) is 6.92 Å². The van der Waals surface area contributed by atoms with E-state index >= 15 is 0 Å². The molecule has 0 bridgehead atoms. The van der Waals surface area contributed by atoms with Crippen LogP contribution in [0.1, 0.15) is 11.3 Å². The van der Waals surface area contributed by atoms with Gasteiger partial charge in [0.2, 0.25) is 0 Å². The van der Waals surface area contributed by atoms with Crippen LogP contribution in [0.15, 0.2) is 46.8 Å². The lowest BCUT2D eigenvalue weighted by molar-refractivity contribution is -0.114. The van der Waals surface area contributed by atoms with Crippen molar-refractivity contribution in [1.82, 2.24) is 4.98 Å². The van der Waals surface area contributed by atoms with Gasteiger partial charge in [0, 0.05) is 5.69 Å². The van der Waals surface area contributed by atoms with Crippen molar-refractivity contribution < 1.29 is 19.4 Å². The quantitative estimate of drug-likeness (QED) is 0.815. The molecule has 1 aromatic carbocycles. The van der Waals surface area contributed by atoms with Crippen molar-refractivity contribution in [1.29, 1.82) is 0 Å². The molecule has 0 unspecified atom stereocenters.